The first-order valence-corrected chi connectivity index (χ1v) is 19.7. The molecule has 1 aliphatic rings. The molecule has 1 aliphatic heterocycles. The molecule has 0 saturated carbocycles. The van der Waals surface area contributed by atoms with Gasteiger partial charge in [0.15, 0.2) is 0 Å². The SMILES string of the molecule is Cc1ncsc1-c1ccc(CNC(=O)[C@@H]2C[C@@H](O)CN2C(=O)[C@@H](NC(=O)CCCCCCCCCCCCC(=O)OC(C)(C)C)C(C)(C)C)cc1. The molecule has 1 fully saturated rings. The van der Waals surface area contributed by atoms with E-state index in [4.69, 9.17) is 4.74 Å². The van der Waals surface area contributed by atoms with E-state index in [1.165, 1.54) is 11.3 Å². The molecule has 284 valence electrons. The van der Waals surface area contributed by atoms with E-state index in [1.54, 1.807) is 11.3 Å². The third-order valence-electron chi connectivity index (χ3n) is 9.17. The zero-order chi connectivity index (χ0) is 37.6. The van der Waals surface area contributed by atoms with Crippen LogP contribution in [0.3, 0.4) is 0 Å². The van der Waals surface area contributed by atoms with Crippen LogP contribution >= 0.6 is 11.3 Å². The number of aryl methyl sites for hydroxylation is 1. The number of nitrogens with one attached hydrogen (secondary N) is 2. The Morgan fingerprint density at radius 2 is 1.47 bits per heavy atom. The molecule has 0 bridgehead atoms. The molecular formula is C40H62N4O6S. The molecule has 1 saturated heterocycles. The number of β-amino-alcohol motifs (C(OH)–C–C–N with tert-alkyl or cyclic N) is 1. The van der Waals surface area contributed by atoms with E-state index in [2.05, 4.69) is 15.6 Å². The number of ether oxygens (including phenoxy) is 1. The number of carbonyl (C=O) groups excluding carboxylic acids is 4. The van der Waals surface area contributed by atoms with Crippen molar-refractivity contribution in [3.05, 3.63) is 41.0 Å². The number of aliphatic hydroxyl groups excluding tert-OH is 1. The molecule has 3 atom stereocenters. The van der Waals surface area contributed by atoms with E-state index < -0.39 is 29.2 Å². The average molecular weight is 727 g/mol. The van der Waals surface area contributed by atoms with E-state index in [1.807, 2.05) is 78.2 Å². The van der Waals surface area contributed by atoms with Gasteiger partial charge < -0.3 is 25.4 Å². The monoisotopic (exact) mass is 726 g/mol. The van der Waals surface area contributed by atoms with Gasteiger partial charge in [0, 0.05) is 32.4 Å². The highest BCUT2D eigenvalue weighted by molar-refractivity contribution is 7.13. The van der Waals surface area contributed by atoms with Gasteiger partial charge >= 0.3 is 5.97 Å². The van der Waals surface area contributed by atoms with Crippen LogP contribution in [-0.4, -0.2) is 69.0 Å². The Bertz CT molecular complexity index is 1410. The summed E-state index contributed by atoms with van der Waals surface area (Å²) in [6.07, 6.45) is 10.6. The molecule has 0 spiro atoms. The summed E-state index contributed by atoms with van der Waals surface area (Å²) in [5.74, 6) is -0.956. The smallest absolute Gasteiger partial charge is 0.306 e. The first-order chi connectivity index (χ1) is 24.0. The summed E-state index contributed by atoms with van der Waals surface area (Å²) in [5, 5.41) is 16.4. The fraction of sp³-hybridized carbons (Fsp3) is 0.675. The number of rotatable bonds is 19. The summed E-state index contributed by atoms with van der Waals surface area (Å²) in [6, 6.07) is 6.31. The van der Waals surface area contributed by atoms with Crippen molar-refractivity contribution in [1.29, 1.82) is 0 Å². The first kappa shape index (κ1) is 42.1. The van der Waals surface area contributed by atoms with Gasteiger partial charge in [0.2, 0.25) is 17.7 Å². The molecule has 3 N–H and O–H groups in total. The van der Waals surface area contributed by atoms with E-state index >= 15 is 0 Å². The van der Waals surface area contributed by atoms with E-state index in [9.17, 15) is 24.3 Å². The van der Waals surface area contributed by atoms with Crippen molar-refractivity contribution in [3.8, 4) is 10.4 Å². The van der Waals surface area contributed by atoms with Crippen molar-refractivity contribution in [3.63, 3.8) is 0 Å². The minimum atomic E-state index is -0.822. The number of hydrogen-bond acceptors (Lipinski definition) is 8. The van der Waals surface area contributed by atoms with Gasteiger partial charge in [0.05, 0.1) is 22.2 Å². The highest BCUT2D eigenvalue weighted by Crippen LogP contribution is 2.28. The van der Waals surface area contributed by atoms with Crippen LogP contribution in [0.2, 0.25) is 0 Å². The molecule has 0 unspecified atom stereocenters. The molecule has 2 heterocycles. The Morgan fingerprint density at radius 3 is 2.00 bits per heavy atom. The molecular weight excluding hydrogens is 665 g/mol. The van der Waals surface area contributed by atoms with Crippen LogP contribution in [0, 0.1) is 12.3 Å². The molecule has 3 amide bonds. The van der Waals surface area contributed by atoms with Crippen molar-refractivity contribution in [1.82, 2.24) is 20.5 Å². The second kappa shape index (κ2) is 20.1. The summed E-state index contributed by atoms with van der Waals surface area (Å²) in [5.41, 5.74) is 3.80. The van der Waals surface area contributed by atoms with Crippen LogP contribution in [0.5, 0.6) is 0 Å². The Morgan fingerprint density at radius 1 is 0.902 bits per heavy atom. The van der Waals surface area contributed by atoms with Gasteiger partial charge in [-0.3, -0.25) is 19.2 Å². The molecule has 2 aromatic rings. The maximum atomic E-state index is 13.9. The fourth-order valence-electron chi connectivity index (χ4n) is 6.38. The number of likely N-dealkylation sites (tertiary alicyclic amines) is 1. The predicted octanol–water partition coefficient (Wildman–Crippen LogP) is 7.25. The molecule has 0 aliphatic carbocycles. The van der Waals surface area contributed by atoms with Gasteiger partial charge in [-0.25, -0.2) is 4.98 Å². The minimum Gasteiger partial charge on any atom is -0.460 e. The zero-order valence-electron chi connectivity index (χ0n) is 32.0. The zero-order valence-corrected chi connectivity index (χ0v) is 32.8. The molecule has 10 nitrogen and oxygen atoms in total. The number of hydrogen-bond donors (Lipinski definition) is 3. The van der Waals surface area contributed by atoms with Crippen molar-refractivity contribution >= 4 is 35.0 Å². The van der Waals surface area contributed by atoms with Crippen LogP contribution in [-0.2, 0) is 30.5 Å². The second-order valence-corrected chi connectivity index (χ2v) is 16.9. The summed E-state index contributed by atoms with van der Waals surface area (Å²) >= 11 is 1.59. The topological polar surface area (TPSA) is 138 Å². The third kappa shape index (κ3) is 14.7. The summed E-state index contributed by atoms with van der Waals surface area (Å²) in [6.45, 7) is 13.7. The van der Waals surface area contributed by atoms with Crippen molar-refractivity contribution < 1.29 is 29.0 Å². The average Bonchev–Trinajstić information content (AvgIpc) is 3.66. The number of amides is 3. The van der Waals surface area contributed by atoms with Crippen molar-refractivity contribution in [2.75, 3.05) is 6.54 Å². The Labute approximate surface area is 309 Å². The quantitative estimate of drug-likeness (QED) is 0.102. The molecule has 1 aromatic heterocycles. The number of aliphatic hydroxyl groups is 1. The van der Waals surface area contributed by atoms with Gasteiger partial charge in [0.25, 0.3) is 0 Å². The number of aromatic nitrogens is 1. The normalized spacial score (nSPS) is 16.9. The standard InChI is InChI=1S/C40H62N4O6S/c1-28-35(51-27-42-28)30-22-20-29(21-23-30)25-41-37(48)32-24-31(45)26-44(32)38(49)36(39(2,3)4)43-33(46)18-16-14-12-10-8-9-11-13-15-17-19-34(47)50-40(5,6)7/h20-23,27,31-32,36,45H,8-19,24-26H2,1-7H3,(H,41,48)(H,43,46)/t31-,32+,36-/m1/s1. The van der Waals surface area contributed by atoms with E-state index in [0.29, 0.717) is 19.4 Å². The Kier molecular flexibility index (Phi) is 16.6. The number of esters is 1. The minimum absolute atomic E-state index is 0.0500. The molecule has 3 rings (SSSR count). The number of benzene rings is 1. The lowest BCUT2D eigenvalue weighted by atomic mass is 9.85. The summed E-state index contributed by atoms with van der Waals surface area (Å²) in [4.78, 5) is 58.9. The largest absolute Gasteiger partial charge is 0.460 e. The lowest BCUT2D eigenvalue weighted by Gasteiger charge is -2.35. The fourth-order valence-corrected chi connectivity index (χ4v) is 7.19. The van der Waals surface area contributed by atoms with Gasteiger partial charge in [-0.15, -0.1) is 11.3 Å². The molecule has 0 radical (unpaired) electrons. The van der Waals surface area contributed by atoms with Gasteiger partial charge in [-0.05, 0) is 57.1 Å². The van der Waals surface area contributed by atoms with Crippen LogP contribution in [0.1, 0.15) is 136 Å². The number of carbonyl (C=O) groups is 4. The highest BCUT2D eigenvalue weighted by Gasteiger charge is 2.44. The number of unbranched alkanes of at least 4 members (excludes halogenated alkanes) is 9. The van der Waals surface area contributed by atoms with Crippen LogP contribution in [0.25, 0.3) is 10.4 Å². The summed E-state index contributed by atoms with van der Waals surface area (Å²) in [7, 11) is 0. The predicted molar refractivity (Wildman–Crippen MR) is 203 cm³/mol. The third-order valence-corrected chi connectivity index (χ3v) is 10.1. The van der Waals surface area contributed by atoms with E-state index in [-0.39, 0.29) is 36.7 Å². The van der Waals surface area contributed by atoms with Gasteiger partial charge in [-0.1, -0.05) is 96.4 Å². The maximum Gasteiger partial charge on any atom is 0.306 e. The second-order valence-electron chi connectivity index (χ2n) is 16.1. The Balaban J connectivity index is 1.37. The molecule has 1 aromatic carbocycles. The van der Waals surface area contributed by atoms with Crippen LogP contribution in [0.15, 0.2) is 29.8 Å². The lowest BCUT2D eigenvalue weighted by molar-refractivity contribution is -0.155. The lowest BCUT2D eigenvalue weighted by Crippen LogP contribution is -2.57. The maximum absolute atomic E-state index is 13.9. The van der Waals surface area contributed by atoms with Crippen molar-refractivity contribution in [2.45, 2.75) is 162 Å². The molecule has 11 heteroatoms. The van der Waals surface area contributed by atoms with Gasteiger partial charge in [0.1, 0.15) is 17.7 Å². The van der Waals surface area contributed by atoms with E-state index in [0.717, 1.165) is 79.5 Å². The highest BCUT2D eigenvalue weighted by atomic mass is 32.1. The Hall–Kier alpha value is -3.31. The molecule has 51 heavy (non-hydrogen) atoms. The summed E-state index contributed by atoms with van der Waals surface area (Å²) < 4.78 is 5.35. The number of thiazole rings is 1. The first-order valence-electron chi connectivity index (χ1n) is 18.8. The van der Waals surface area contributed by atoms with Gasteiger partial charge in [-0.2, -0.15) is 0 Å². The van der Waals surface area contributed by atoms with Crippen LogP contribution in [0.4, 0.5) is 0 Å². The van der Waals surface area contributed by atoms with Crippen molar-refractivity contribution in [2.24, 2.45) is 5.41 Å². The number of nitrogens with zero attached hydrogens (tertiary/aromatic N) is 2. The van der Waals surface area contributed by atoms with Crippen LogP contribution < -0.4 is 10.6 Å².